The van der Waals surface area contributed by atoms with Crippen LogP contribution < -0.4 is 0 Å². The quantitative estimate of drug-likeness (QED) is 0.330. The summed E-state index contributed by atoms with van der Waals surface area (Å²) in [5.74, 6) is 2.34. The van der Waals surface area contributed by atoms with Crippen LogP contribution in [0.3, 0.4) is 0 Å². The molecule has 0 aromatic heterocycles. The number of hydrogen-bond donors (Lipinski definition) is 1. The third kappa shape index (κ3) is 22.5. The first-order chi connectivity index (χ1) is 18.5. The van der Waals surface area contributed by atoms with Crippen molar-refractivity contribution in [3.63, 3.8) is 0 Å². The molecule has 0 unspecified atom stereocenters. The van der Waals surface area contributed by atoms with Gasteiger partial charge in [0.1, 0.15) is 0 Å². The summed E-state index contributed by atoms with van der Waals surface area (Å²) in [5.41, 5.74) is 2.30. The molecule has 0 saturated heterocycles. The molecule has 0 bridgehead atoms. The van der Waals surface area contributed by atoms with E-state index >= 15 is 0 Å². The molecular weight excluding hydrogens is 532 g/mol. The zero-order valence-corrected chi connectivity index (χ0v) is 36.8. The topological polar surface area (TPSA) is 20.2 Å². The highest BCUT2D eigenvalue weighted by Crippen LogP contribution is 2.43. The van der Waals surface area contributed by atoms with Gasteiger partial charge in [-0.2, -0.15) is 0 Å². The van der Waals surface area contributed by atoms with Gasteiger partial charge in [-0.15, -0.1) is 0 Å². The van der Waals surface area contributed by atoms with E-state index in [1.807, 2.05) is 0 Å². The Morgan fingerprint density at radius 1 is 0.409 bits per heavy atom. The second-order valence-corrected chi connectivity index (χ2v) is 23.0. The Balaban J connectivity index is -0.000000244. The molecule has 1 atom stereocenters. The summed E-state index contributed by atoms with van der Waals surface area (Å²) >= 11 is 0. The van der Waals surface area contributed by atoms with Crippen LogP contribution in [0, 0.1) is 61.1 Å². The van der Waals surface area contributed by atoms with Crippen molar-refractivity contribution in [1.82, 2.24) is 0 Å². The summed E-state index contributed by atoms with van der Waals surface area (Å²) in [5, 5.41) is 10.5. The normalized spacial score (nSPS) is 15.5. The third-order valence-corrected chi connectivity index (χ3v) is 10.5. The maximum atomic E-state index is 10.5. The molecule has 0 saturated carbocycles. The van der Waals surface area contributed by atoms with Crippen LogP contribution in [0.25, 0.3) is 0 Å². The first-order valence-corrected chi connectivity index (χ1v) is 18.2. The number of aliphatic hydroxyl groups is 1. The van der Waals surface area contributed by atoms with E-state index < -0.39 is 5.60 Å². The van der Waals surface area contributed by atoms with Crippen molar-refractivity contribution in [2.45, 2.75) is 219 Å². The van der Waals surface area contributed by atoms with Crippen molar-refractivity contribution in [2.24, 2.45) is 61.1 Å². The minimum atomic E-state index is -0.536. The zero-order valence-electron chi connectivity index (χ0n) is 36.8. The molecule has 0 heterocycles. The summed E-state index contributed by atoms with van der Waals surface area (Å²) in [7, 11) is 0. The van der Waals surface area contributed by atoms with Crippen LogP contribution in [0.4, 0.5) is 0 Å². The number of hydrogen-bond acceptors (Lipinski definition) is 1. The third-order valence-electron chi connectivity index (χ3n) is 10.5. The molecule has 0 radical (unpaired) electrons. The molecule has 0 aromatic carbocycles. The summed E-state index contributed by atoms with van der Waals surface area (Å²) in [6, 6.07) is 0. The molecule has 0 aromatic rings. The fourth-order valence-corrected chi connectivity index (χ4v) is 6.92. The predicted molar refractivity (Wildman–Crippen MR) is 208 cm³/mol. The van der Waals surface area contributed by atoms with E-state index in [0.717, 1.165) is 30.6 Å². The second-order valence-electron chi connectivity index (χ2n) is 23.0. The molecule has 0 aliphatic carbocycles. The lowest BCUT2D eigenvalue weighted by molar-refractivity contribution is -0.0876. The van der Waals surface area contributed by atoms with E-state index in [9.17, 15) is 5.11 Å². The van der Waals surface area contributed by atoms with Crippen LogP contribution in [-0.2, 0) is 0 Å². The molecule has 0 amide bonds. The molecule has 0 fully saturated rings. The van der Waals surface area contributed by atoms with Gasteiger partial charge in [-0.25, -0.2) is 0 Å². The fourth-order valence-electron chi connectivity index (χ4n) is 6.92. The lowest BCUT2D eigenvalue weighted by atomic mass is 9.65. The second kappa shape index (κ2) is 17.4. The Bertz CT molecular complexity index is 657. The van der Waals surface area contributed by atoms with Crippen molar-refractivity contribution in [3.05, 3.63) is 0 Å². The molecule has 0 aliphatic heterocycles. The van der Waals surface area contributed by atoms with Crippen molar-refractivity contribution >= 4 is 0 Å². The monoisotopic (exact) mass is 627 g/mol. The maximum absolute atomic E-state index is 10.5. The van der Waals surface area contributed by atoms with Gasteiger partial charge in [0.2, 0.25) is 0 Å². The molecule has 1 N–H and O–H groups in total. The van der Waals surface area contributed by atoms with E-state index in [0.29, 0.717) is 32.5 Å². The van der Waals surface area contributed by atoms with Crippen LogP contribution in [-0.4, -0.2) is 10.7 Å². The van der Waals surface area contributed by atoms with E-state index in [1.165, 1.54) is 6.42 Å². The van der Waals surface area contributed by atoms with Crippen molar-refractivity contribution in [2.75, 3.05) is 0 Å². The molecule has 0 rings (SSSR count). The highest BCUT2D eigenvalue weighted by atomic mass is 16.3. The highest BCUT2D eigenvalue weighted by molar-refractivity contribution is 4.92. The minimum absolute atomic E-state index is 0.0327. The van der Waals surface area contributed by atoms with E-state index in [-0.39, 0.29) is 10.8 Å². The largest absolute Gasteiger partial charge is 0.389 e. The molecule has 44 heavy (non-hydrogen) atoms. The van der Waals surface area contributed by atoms with E-state index in [2.05, 4.69) is 194 Å². The molecule has 0 aliphatic rings. The van der Waals surface area contributed by atoms with Gasteiger partial charge < -0.3 is 5.11 Å². The van der Waals surface area contributed by atoms with Crippen LogP contribution >= 0.6 is 0 Å². The van der Waals surface area contributed by atoms with Gasteiger partial charge in [0, 0.05) is 0 Å². The van der Waals surface area contributed by atoms with Gasteiger partial charge in [0.15, 0.2) is 0 Å². The Hall–Kier alpha value is -0.0400. The summed E-state index contributed by atoms with van der Waals surface area (Å²) in [4.78, 5) is 0. The zero-order chi connectivity index (χ0) is 37.4. The van der Waals surface area contributed by atoms with Crippen LogP contribution in [0.2, 0.25) is 0 Å². The van der Waals surface area contributed by atoms with E-state index in [1.54, 1.807) is 0 Å². The lowest BCUT2D eigenvalue weighted by Gasteiger charge is -2.43. The SMILES string of the molecule is CC(C(C)(C)C)C(C)(C)C.CC(C(C)(C)C)C(C)(C)C.CCC(C(C)(C)C)C(C)(C)C.CC[C@@](O)(CC(C)(C)C)C(C)(C)C. The maximum Gasteiger partial charge on any atom is 0.0698 e. The summed E-state index contributed by atoms with van der Waals surface area (Å²) in [6.07, 6.45) is 2.97. The van der Waals surface area contributed by atoms with Gasteiger partial charge >= 0.3 is 0 Å². The Labute approximate surface area is 284 Å². The van der Waals surface area contributed by atoms with Crippen LogP contribution in [0.1, 0.15) is 213 Å². The van der Waals surface area contributed by atoms with Crippen molar-refractivity contribution in [3.8, 4) is 0 Å². The van der Waals surface area contributed by atoms with Gasteiger partial charge in [0.25, 0.3) is 0 Å². The smallest absolute Gasteiger partial charge is 0.0698 e. The van der Waals surface area contributed by atoms with Crippen LogP contribution in [0.5, 0.6) is 0 Å². The predicted octanol–water partition coefficient (Wildman–Crippen LogP) is 15.1. The van der Waals surface area contributed by atoms with Gasteiger partial charge in [-0.05, 0) is 73.9 Å². The Morgan fingerprint density at radius 2 is 0.636 bits per heavy atom. The summed E-state index contributed by atoms with van der Waals surface area (Å²) in [6.45, 7) is 63.6. The van der Waals surface area contributed by atoms with Crippen molar-refractivity contribution < 1.29 is 5.11 Å². The number of rotatable bonds is 3. The van der Waals surface area contributed by atoms with Gasteiger partial charge in [0.05, 0.1) is 5.60 Å². The molecular formula is C43H94O. The highest BCUT2D eigenvalue weighted by Gasteiger charge is 2.41. The average Bonchev–Trinajstić information content (AvgIpc) is 2.67. The molecule has 1 heteroatoms. The Morgan fingerprint density at radius 3 is 0.659 bits per heavy atom. The molecule has 1 nitrogen and oxygen atoms in total. The Kier molecular flexibility index (Phi) is 20.1. The minimum Gasteiger partial charge on any atom is -0.389 e. The van der Waals surface area contributed by atoms with Gasteiger partial charge in [-0.3, -0.25) is 0 Å². The fraction of sp³-hybridized carbons (Fsp3) is 1.00. The molecule has 272 valence electrons. The van der Waals surface area contributed by atoms with E-state index in [4.69, 9.17) is 0 Å². The average molecular weight is 627 g/mol. The van der Waals surface area contributed by atoms with Gasteiger partial charge in [-0.1, -0.05) is 200 Å². The summed E-state index contributed by atoms with van der Waals surface area (Å²) < 4.78 is 0. The standard InChI is InChI=1S/C12H26O.C11H24.2C10H22/c1-8-12(13,11(5,6)7)9-10(2,3)4;1-8-9(10(2,3)4)11(5,6)7;2*1-8(9(2,3)4)10(5,6)7/h13H,8-9H2,1-7H3;9H,8H2,1-7H3;2*8H,1-7H3/t12-;;;/m1.../s1. The first kappa shape index (κ1) is 50.8. The first-order valence-electron chi connectivity index (χ1n) is 18.2. The molecule has 0 spiro atoms. The van der Waals surface area contributed by atoms with Crippen molar-refractivity contribution in [1.29, 1.82) is 0 Å². The lowest BCUT2D eigenvalue weighted by Crippen LogP contribution is -2.45. The van der Waals surface area contributed by atoms with Crippen LogP contribution in [0.15, 0.2) is 0 Å².